The predicted octanol–water partition coefficient (Wildman–Crippen LogP) is 3.04. The number of nitrogens with zero attached hydrogens (tertiary/aromatic N) is 1. The van der Waals surface area contributed by atoms with Gasteiger partial charge in [0.15, 0.2) is 0 Å². The van der Waals surface area contributed by atoms with Crippen LogP contribution >= 0.6 is 11.3 Å². The zero-order valence-corrected chi connectivity index (χ0v) is 10.6. The molecule has 1 heterocycles. The average molecular weight is 251 g/mol. The molecule has 1 aromatic carbocycles. The molecule has 90 valence electrons. The molecule has 0 aliphatic rings. The standard InChI is InChI=1S/C13H14FNOS/c1-9-3-4-10(7-11(9)14)13(2,16)8-12-15-5-6-17-12/h3-7,16H,8H2,1-2H3. The lowest BCUT2D eigenvalue weighted by molar-refractivity contribution is 0.0572. The zero-order chi connectivity index (χ0) is 12.5. The monoisotopic (exact) mass is 251 g/mol. The summed E-state index contributed by atoms with van der Waals surface area (Å²) < 4.78 is 13.5. The van der Waals surface area contributed by atoms with Crippen molar-refractivity contribution in [1.82, 2.24) is 4.98 Å². The van der Waals surface area contributed by atoms with Crippen LogP contribution in [0.15, 0.2) is 29.8 Å². The van der Waals surface area contributed by atoms with Crippen molar-refractivity contribution in [2.75, 3.05) is 0 Å². The van der Waals surface area contributed by atoms with Crippen molar-refractivity contribution in [2.45, 2.75) is 25.9 Å². The Balaban J connectivity index is 2.27. The van der Waals surface area contributed by atoms with Gasteiger partial charge in [0.1, 0.15) is 5.82 Å². The highest BCUT2D eigenvalue weighted by atomic mass is 32.1. The molecule has 0 spiro atoms. The van der Waals surface area contributed by atoms with Crippen molar-refractivity contribution >= 4 is 11.3 Å². The van der Waals surface area contributed by atoms with E-state index >= 15 is 0 Å². The van der Waals surface area contributed by atoms with Crippen LogP contribution in [0.25, 0.3) is 0 Å². The molecular formula is C13H14FNOS. The molecule has 17 heavy (non-hydrogen) atoms. The Hall–Kier alpha value is -1.26. The topological polar surface area (TPSA) is 33.1 Å². The van der Waals surface area contributed by atoms with Crippen molar-refractivity contribution in [1.29, 1.82) is 0 Å². The molecule has 0 aliphatic heterocycles. The van der Waals surface area contributed by atoms with E-state index < -0.39 is 5.60 Å². The maximum absolute atomic E-state index is 13.5. The molecule has 1 unspecified atom stereocenters. The molecule has 1 atom stereocenters. The van der Waals surface area contributed by atoms with Crippen LogP contribution in [0.1, 0.15) is 23.1 Å². The Bertz CT molecular complexity index is 508. The summed E-state index contributed by atoms with van der Waals surface area (Å²) in [6, 6.07) is 4.83. The molecule has 2 nitrogen and oxygen atoms in total. The maximum Gasteiger partial charge on any atom is 0.126 e. The number of aliphatic hydroxyl groups is 1. The van der Waals surface area contributed by atoms with Crippen LogP contribution in [0.4, 0.5) is 4.39 Å². The van der Waals surface area contributed by atoms with Crippen LogP contribution in [0.5, 0.6) is 0 Å². The van der Waals surface area contributed by atoms with Crippen LogP contribution < -0.4 is 0 Å². The molecule has 1 N–H and O–H groups in total. The summed E-state index contributed by atoms with van der Waals surface area (Å²) in [5, 5.41) is 13.1. The third kappa shape index (κ3) is 2.70. The average Bonchev–Trinajstić information content (AvgIpc) is 2.73. The van der Waals surface area contributed by atoms with Gasteiger partial charge in [-0.3, -0.25) is 0 Å². The minimum atomic E-state index is -1.09. The second-order valence-electron chi connectivity index (χ2n) is 4.34. The first-order valence-corrected chi connectivity index (χ1v) is 6.24. The van der Waals surface area contributed by atoms with Crippen molar-refractivity contribution in [3.63, 3.8) is 0 Å². The van der Waals surface area contributed by atoms with E-state index in [4.69, 9.17) is 0 Å². The molecule has 0 radical (unpaired) electrons. The van der Waals surface area contributed by atoms with Crippen LogP contribution in [0.2, 0.25) is 0 Å². The fraction of sp³-hybridized carbons (Fsp3) is 0.308. The molecule has 0 saturated heterocycles. The minimum absolute atomic E-state index is 0.290. The molecule has 4 heteroatoms. The minimum Gasteiger partial charge on any atom is -0.385 e. The summed E-state index contributed by atoms with van der Waals surface area (Å²) in [6.45, 7) is 3.38. The van der Waals surface area contributed by atoms with E-state index in [0.29, 0.717) is 17.5 Å². The van der Waals surface area contributed by atoms with Gasteiger partial charge in [0.05, 0.1) is 10.6 Å². The second kappa shape index (κ2) is 4.55. The first-order valence-electron chi connectivity index (χ1n) is 5.36. The summed E-state index contributed by atoms with van der Waals surface area (Å²) in [4.78, 5) is 4.13. The van der Waals surface area contributed by atoms with E-state index in [1.165, 1.54) is 17.4 Å². The first kappa shape index (κ1) is 12.2. The van der Waals surface area contributed by atoms with Gasteiger partial charge in [-0.1, -0.05) is 12.1 Å². The van der Waals surface area contributed by atoms with Crippen molar-refractivity contribution < 1.29 is 9.50 Å². The van der Waals surface area contributed by atoms with E-state index in [2.05, 4.69) is 4.98 Å². The van der Waals surface area contributed by atoms with Gasteiger partial charge in [-0.15, -0.1) is 11.3 Å². The molecular weight excluding hydrogens is 237 g/mol. The number of aryl methyl sites for hydroxylation is 1. The molecule has 0 amide bonds. The van der Waals surface area contributed by atoms with Crippen molar-refractivity contribution in [2.24, 2.45) is 0 Å². The Kier molecular flexibility index (Phi) is 3.26. The van der Waals surface area contributed by atoms with Crippen molar-refractivity contribution in [3.8, 4) is 0 Å². The number of hydrogen-bond acceptors (Lipinski definition) is 3. The maximum atomic E-state index is 13.5. The van der Waals surface area contributed by atoms with E-state index in [1.54, 1.807) is 32.2 Å². The van der Waals surface area contributed by atoms with Crippen LogP contribution in [0.3, 0.4) is 0 Å². The second-order valence-corrected chi connectivity index (χ2v) is 5.32. The zero-order valence-electron chi connectivity index (χ0n) is 9.77. The third-order valence-electron chi connectivity index (χ3n) is 2.77. The first-order chi connectivity index (χ1) is 7.99. The predicted molar refractivity (Wildman–Crippen MR) is 66.5 cm³/mol. The van der Waals surface area contributed by atoms with Gasteiger partial charge in [0, 0.05) is 18.0 Å². The Labute approximate surface area is 104 Å². The Morgan fingerprint density at radius 3 is 2.82 bits per heavy atom. The summed E-state index contributed by atoms with van der Waals surface area (Å²) in [6.07, 6.45) is 2.10. The molecule has 0 fully saturated rings. The number of thiazole rings is 1. The Morgan fingerprint density at radius 1 is 1.47 bits per heavy atom. The van der Waals surface area contributed by atoms with Crippen LogP contribution in [-0.4, -0.2) is 10.1 Å². The highest BCUT2D eigenvalue weighted by Gasteiger charge is 2.25. The van der Waals surface area contributed by atoms with Gasteiger partial charge < -0.3 is 5.11 Å². The van der Waals surface area contributed by atoms with E-state index in [0.717, 1.165) is 5.01 Å². The molecule has 2 rings (SSSR count). The normalized spacial score (nSPS) is 14.6. The molecule has 1 aromatic heterocycles. The highest BCUT2D eigenvalue weighted by molar-refractivity contribution is 7.09. The SMILES string of the molecule is Cc1ccc(C(C)(O)Cc2nccs2)cc1F. The lowest BCUT2D eigenvalue weighted by atomic mass is 9.92. The summed E-state index contributed by atoms with van der Waals surface area (Å²) in [5.74, 6) is -0.290. The largest absolute Gasteiger partial charge is 0.385 e. The molecule has 0 aliphatic carbocycles. The van der Waals surface area contributed by atoms with Gasteiger partial charge in [-0.2, -0.15) is 0 Å². The van der Waals surface area contributed by atoms with E-state index in [9.17, 15) is 9.50 Å². The van der Waals surface area contributed by atoms with Crippen LogP contribution in [-0.2, 0) is 12.0 Å². The summed E-state index contributed by atoms with van der Waals surface area (Å²) >= 11 is 1.49. The number of rotatable bonds is 3. The summed E-state index contributed by atoms with van der Waals surface area (Å²) in [5.41, 5.74) is 0.0708. The van der Waals surface area contributed by atoms with Crippen LogP contribution in [0, 0.1) is 12.7 Å². The number of benzene rings is 1. The third-order valence-corrected chi connectivity index (χ3v) is 3.55. The molecule has 0 saturated carbocycles. The van der Waals surface area contributed by atoms with Crippen molar-refractivity contribution in [3.05, 3.63) is 51.7 Å². The fourth-order valence-electron chi connectivity index (χ4n) is 1.66. The number of halogens is 1. The van der Waals surface area contributed by atoms with Gasteiger partial charge in [-0.25, -0.2) is 9.37 Å². The number of hydrogen-bond donors (Lipinski definition) is 1. The smallest absolute Gasteiger partial charge is 0.126 e. The Morgan fingerprint density at radius 2 is 2.24 bits per heavy atom. The molecule has 2 aromatic rings. The lowest BCUT2D eigenvalue weighted by Gasteiger charge is -2.23. The van der Waals surface area contributed by atoms with Gasteiger partial charge in [0.25, 0.3) is 0 Å². The fourth-order valence-corrected chi connectivity index (χ4v) is 2.43. The van der Waals surface area contributed by atoms with E-state index in [1.807, 2.05) is 5.38 Å². The van der Waals surface area contributed by atoms with Gasteiger partial charge in [-0.05, 0) is 31.0 Å². The number of aromatic nitrogens is 1. The lowest BCUT2D eigenvalue weighted by Crippen LogP contribution is -2.24. The van der Waals surface area contributed by atoms with Gasteiger partial charge >= 0.3 is 0 Å². The summed E-state index contributed by atoms with van der Waals surface area (Å²) in [7, 11) is 0. The van der Waals surface area contributed by atoms with E-state index in [-0.39, 0.29) is 5.82 Å². The highest BCUT2D eigenvalue weighted by Crippen LogP contribution is 2.27. The van der Waals surface area contributed by atoms with Gasteiger partial charge in [0.2, 0.25) is 0 Å². The molecule has 0 bridgehead atoms. The quantitative estimate of drug-likeness (QED) is 0.909.